The fourth-order valence-electron chi connectivity index (χ4n) is 10.1. The summed E-state index contributed by atoms with van der Waals surface area (Å²) in [6.07, 6.45) is 0. The third-order valence-electron chi connectivity index (χ3n) is 13.2. The number of anilines is 6. The Hall–Kier alpha value is -7.16. The van der Waals surface area contributed by atoms with Crippen molar-refractivity contribution in [1.82, 2.24) is 0 Å². The topological polar surface area (TPSA) is 6.48 Å². The molecular weight excluding hydrogens is 725 g/mol. The van der Waals surface area contributed by atoms with Gasteiger partial charge in [0.1, 0.15) is 0 Å². The van der Waals surface area contributed by atoms with E-state index in [4.69, 9.17) is 0 Å². The molecule has 1 aliphatic heterocycles. The van der Waals surface area contributed by atoms with Crippen LogP contribution in [-0.4, -0.2) is 0 Å². The van der Waals surface area contributed by atoms with E-state index in [9.17, 15) is 0 Å². The molecule has 0 saturated heterocycles. The van der Waals surface area contributed by atoms with Crippen molar-refractivity contribution in [3.05, 3.63) is 229 Å². The van der Waals surface area contributed by atoms with Gasteiger partial charge in [0.2, 0.25) is 0 Å². The molecule has 11 rings (SSSR count). The van der Waals surface area contributed by atoms with Crippen LogP contribution in [0.2, 0.25) is 0 Å². The SMILES string of the molecule is CC1(C)c2ccccc2-c2cc3c(cc21)N(c1cccc(-c2cccc(-c4ccc(N(c5ccccc5)c5cccc6ccccc56)cc4)c2)c1)c1ccccc1C3(C)C. The average Bonchev–Trinajstić information content (AvgIpc) is 3.52. The summed E-state index contributed by atoms with van der Waals surface area (Å²) >= 11 is 0. The lowest BCUT2D eigenvalue weighted by Crippen LogP contribution is -2.31. The molecule has 2 heteroatoms. The standard InChI is InChI=1S/C58H46N2/c1-57(2)50-27-11-10-26-48(50)49-37-53-56(38-52(49)57)60(55-29-13-12-28-51(55)58(53,3)4)46-24-15-21-43(36-46)42-20-14-19-41(35-42)39-31-33-45(34-32-39)59(44-22-6-5-7-23-44)54-30-16-18-40-17-8-9-25-47(40)54/h5-38H,1-4H3. The van der Waals surface area contributed by atoms with Gasteiger partial charge in [-0.15, -0.1) is 0 Å². The minimum atomic E-state index is -0.173. The molecule has 0 N–H and O–H groups in total. The normalized spacial score (nSPS) is 14.2. The van der Waals surface area contributed by atoms with Crippen molar-refractivity contribution in [1.29, 1.82) is 0 Å². The van der Waals surface area contributed by atoms with Gasteiger partial charge in [-0.3, -0.25) is 0 Å². The number of benzene rings is 9. The van der Waals surface area contributed by atoms with E-state index in [0.29, 0.717) is 0 Å². The molecule has 0 aromatic heterocycles. The van der Waals surface area contributed by atoms with Crippen LogP contribution in [0, 0.1) is 0 Å². The number of fused-ring (bicyclic) bond motifs is 6. The predicted octanol–water partition coefficient (Wildman–Crippen LogP) is 16.1. The van der Waals surface area contributed by atoms with Gasteiger partial charge in [-0.1, -0.05) is 167 Å². The van der Waals surface area contributed by atoms with E-state index < -0.39 is 0 Å². The number of rotatable bonds is 6. The lowest BCUT2D eigenvalue weighted by atomic mass is 9.71. The summed E-state index contributed by atoms with van der Waals surface area (Å²) in [5, 5.41) is 2.45. The molecule has 0 atom stereocenters. The minimum Gasteiger partial charge on any atom is -0.310 e. The fourth-order valence-corrected chi connectivity index (χ4v) is 10.1. The van der Waals surface area contributed by atoms with Gasteiger partial charge in [0.05, 0.1) is 17.1 Å². The van der Waals surface area contributed by atoms with E-state index in [-0.39, 0.29) is 10.8 Å². The highest BCUT2D eigenvalue weighted by Gasteiger charge is 2.42. The number of para-hydroxylation sites is 2. The van der Waals surface area contributed by atoms with Crippen LogP contribution in [0.3, 0.4) is 0 Å². The summed E-state index contributed by atoms with van der Waals surface area (Å²) in [6.45, 7) is 9.53. The first-order valence-corrected chi connectivity index (χ1v) is 21.1. The summed E-state index contributed by atoms with van der Waals surface area (Å²) in [4.78, 5) is 4.87. The van der Waals surface area contributed by atoms with Gasteiger partial charge in [0, 0.05) is 33.3 Å². The van der Waals surface area contributed by atoms with Crippen molar-refractivity contribution in [2.45, 2.75) is 38.5 Å². The van der Waals surface area contributed by atoms with Crippen molar-refractivity contribution in [3.63, 3.8) is 0 Å². The molecule has 1 heterocycles. The van der Waals surface area contributed by atoms with E-state index in [1.54, 1.807) is 0 Å². The Kier molecular flexibility index (Phi) is 8.22. The summed E-state index contributed by atoms with van der Waals surface area (Å²) in [5.41, 5.74) is 19.8. The molecule has 0 amide bonds. The minimum absolute atomic E-state index is 0.0933. The van der Waals surface area contributed by atoms with Crippen molar-refractivity contribution in [2.75, 3.05) is 9.80 Å². The van der Waals surface area contributed by atoms with Crippen LogP contribution >= 0.6 is 0 Å². The molecule has 288 valence electrons. The lowest BCUT2D eigenvalue weighted by molar-refractivity contribution is 0.627. The molecule has 0 radical (unpaired) electrons. The van der Waals surface area contributed by atoms with E-state index in [1.807, 2.05) is 0 Å². The van der Waals surface area contributed by atoms with Crippen LogP contribution in [0.25, 0.3) is 44.2 Å². The van der Waals surface area contributed by atoms with Crippen molar-refractivity contribution in [2.24, 2.45) is 0 Å². The first kappa shape index (κ1) is 36.0. The number of hydrogen-bond acceptors (Lipinski definition) is 2. The van der Waals surface area contributed by atoms with Gasteiger partial charge in [-0.2, -0.15) is 0 Å². The third kappa shape index (κ3) is 5.62. The third-order valence-corrected chi connectivity index (χ3v) is 13.2. The maximum absolute atomic E-state index is 2.51. The fraction of sp³-hybridized carbons (Fsp3) is 0.103. The van der Waals surface area contributed by atoms with Gasteiger partial charge in [-0.25, -0.2) is 0 Å². The summed E-state index contributed by atoms with van der Waals surface area (Å²) in [5.74, 6) is 0. The Bertz CT molecular complexity index is 3090. The zero-order chi connectivity index (χ0) is 40.6. The van der Waals surface area contributed by atoms with Crippen LogP contribution in [0.1, 0.15) is 49.9 Å². The summed E-state index contributed by atoms with van der Waals surface area (Å²) in [7, 11) is 0. The van der Waals surface area contributed by atoms with E-state index >= 15 is 0 Å². The zero-order valence-electron chi connectivity index (χ0n) is 34.5. The van der Waals surface area contributed by atoms with Gasteiger partial charge < -0.3 is 9.80 Å². The first-order chi connectivity index (χ1) is 29.3. The highest BCUT2D eigenvalue weighted by atomic mass is 15.2. The average molecular weight is 771 g/mol. The molecule has 60 heavy (non-hydrogen) atoms. The molecule has 0 bridgehead atoms. The molecule has 9 aromatic carbocycles. The summed E-state index contributed by atoms with van der Waals surface area (Å²) < 4.78 is 0. The van der Waals surface area contributed by atoms with Crippen LogP contribution in [0.5, 0.6) is 0 Å². The van der Waals surface area contributed by atoms with Crippen LogP contribution in [-0.2, 0) is 10.8 Å². The van der Waals surface area contributed by atoms with Crippen LogP contribution in [0.4, 0.5) is 34.1 Å². The van der Waals surface area contributed by atoms with Crippen molar-refractivity contribution < 1.29 is 0 Å². The molecule has 2 aliphatic rings. The largest absolute Gasteiger partial charge is 0.310 e. The van der Waals surface area contributed by atoms with Gasteiger partial charge in [0.25, 0.3) is 0 Å². The molecule has 0 fully saturated rings. The molecule has 9 aromatic rings. The maximum Gasteiger partial charge on any atom is 0.0540 e. The highest BCUT2D eigenvalue weighted by molar-refractivity contribution is 5.99. The second-order valence-electron chi connectivity index (χ2n) is 17.4. The molecule has 1 aliphatic carbocycles. The van der Waals surface area contributed by atoms with Crippen LogP contribution in [0.15, 0.2) is 206 Å². The lowest BCUT2D eigenvalue weighted by Gasteiger charge is -2.43. The Morgan fingerprint density at radius 2 is 0.967 bits per heavy atom. The molecule has 0 saturated carbocycles. The zero-order valence-corrected chi connectivity index (χ0v) is 34.5. The quantitative estimate of drug-likeness (QED) is 0.166. The van der Waals surface area contributed by atoms with Gasteiger partial charge >= 0.3 is 0 Å². The van der Waals surface area contributed by atoms with E-state index in [0.717, 1.165) is 22.7 Å². The molecule has 0 unspecified atom stereocenters. The molecule has 2 nitrogen and oxygen atoms in total. The van der Waals surface area contributed by atoms with E-state index in [2.05, 4.69) is 244 Å². The Morgan fingerprint density at radius 1 is 0.367 bits per heavy atom. The second-order valence-corrected chi connectivity index (χ2v) is 17.4. The Labute approximate surface area is 353 Å². The number of nitrogens with zero attached hydrogens (tertiary/aromatic N) is 2. The smallest absolute Gasteiger partial charge is 0.0540 e. The van der Waals surface area contributed by atoms with Crippen molar-refractivity contribution >= 4 is 44.9 Å². The van der Waals surface area contributed by atoms with E-state index in [1.165, 1.54) is 77.8 Å². The maximum atomic E-state index is 2.51. The first-order valence-electron chi connectivity index (χ1n) is 21.1. The van der Waals surface area contributed by atoms with Gasteiger partial charge in [-0.05, 0) is 128 Å². The summed E-state index contributed by atoms with van der Waals surface area (Å²) in [6, 6.07) is 75.9. The molecular formula is C58H46N2. The van der Waals surface area contributed by atoms with Crippen LogP contribution < -0.4 is 9.80 Å². The van der Waals surface area contributed by atoms with Crippen molar-refractivity contribution in [3.8, 4) is 33.4 Å². The molecule has 0 spiro atoms. The number of hydrogen-bond donors (Lipinski definition) is 0. The van der Waals surface area contributed by atoms with Gasteiger partial charge in [0.15, 0.2) is 0 Å². The Morgan fingerprint density at radius 3 is 1.78 bits per heavy atom. The highest BCUT2D eigenvalue weighted by Crippen LogP contribution is 2.57. The Balaban J connectivity index is 0.975. The predicted molar refractivity (Wildman–Crippen MR) is 254 cm³/mol. The second kappa shape index (κ2) is 13.7. The monoisotopic (exact) mass is 770 g/mol.